The SMILES string of the molecule is CC(C)C(=O)N1CCCN(C(=O)C2CCCC2)CC1. The minimum atomic E-state index is 0.0529. The van der Waals surface area contributed by atoms with Crippen LogP contribution in [-0.2, 0) is 9.59 Å². The molecule has 2 fully saturated rings. The van der Waals surface area contributed by atoms with Crippen molar-refractivity contribution in [3.05, 3.63) is 0 Å². The predicted molar refractivity (Wildman–Crippen MR) is 74.6 cm³/mol. The second-order valence-corrected chi connectivity index (χ2v) is 6.14. The quantitative estimate of drug-likeness (QED) is 0.766. The summed E-state index contributed by atoms with van der Waals surface area (Å²) < 4.78 is 0. The van der Waals surface area contributed by atoms with Gasteiger partial charge in [-0.2, -0.15) is 0 Å². The number of hydrogen-bond acceptors (Lipinski definition) is 2. The molecule has 1 aliphatic carbocycles. The average molecular weight is 266 g/mol. The molecule has 1 saturated carbocycles. The Kier molecular flexibility index (Phi) is 4.83. The van der Waals surface area contributed by atoms with Gasteiger partial charge in [0.25, 0.3) is 0 Å². The van der Waals surface area contributed by atoms with E-state index in [9.17, 15) is 9.59 Å². The van der Waals surface area contributed by atoms with Gasteiger partial charge < -0.3 is 9.80 Å². The summed E-state index contributed by atoms with van der Waals surface area (Å²) >= 11 is 0. The fourth-order valence-electron chi connectivity index (χ4n) is 3.15. The zero-order chi connectivity index (χ0) is 13.8. The fourth-order valence-corrected chi connectivity index (χ4v) is 3.15. The van der Waals surface area contributed by atoms with E-state index in [0.717, 1.165) is 32.4 Å². The van der Waals surface area contributed by atoms with E-state index in [2.05, 4.69) is 0 Å². The molecular formula is C15H26N2O2. The first-order chi connectivity index (χ1) is 9.09. The zero-order valence-electron chi connectivity index (χ0n) is 12.2. The van der Waals surface area contributed by atoms with Crippen LogP contribution < -0.4 is 0 Å². The molecule has 0 unspecified atom stereocenters. The molecule has 1 heterocycles. The van der Waals surface area contributed by atoms with Gasteiger partial charge in [-0.15, -0.1) is 0 Å². The Morgan fingerprint density at radius 2 is 1.47 bits per heavy atom. The van der Waals surface area contributed by atoms with Crippen LogP contribution in [0.15, 0.2) is 0 Å². The standard InChI is InChI=1S/C15H26N2O2/c1-12(2)14(18)16-8-5-9-17(11-10-16)15(19)13-6-3-4-7-13/h12-13H,3-11H2,1-2H3. The second kappa shape index (κ2) is 6.40. The van der Waals surface area contributed by atoms with Crippen LogP contribution in [-0.4, -0.2) is 47.8 Å². The number of carbonyl (C=O) groups is 2. The lowest BCUT2D eigenvalue weighted by Crippen LogP contribution is -2.40. The van der Waals surface area contributed by atoms with Gasteiger partial charge in [-0.3, -0.25) is 9.59 Å². The largest absolute Gasteiger partial charge is 0.341 e. The summed E-state index contributed by atoms with van der Waals surface area (Å²) in [5.41, 5.74) is 0. The third-order valence-corrected chi connectivity index (χ3v) is 4.32. The summed E-state index contributed by atoms with van der Waals surface area (Å²) in [6, 6.07) is 0. The molecule has 0 spiro atoms. The molecular weight excluding hydrogens is 240 g/mol. The van der Waals surface area contributed by atoms with Crippen molar-refractivity contribution in [3.63, 3.8) is 0 Å². The minimum absolute atomic E-state index is 0.0529. The van der Waals surface area contributed by atoms with Crippen LogP contribution in [0.25, 0.3) is 0 Å². The van der Waals surface area contributed by atoms with E-state index in [-0.39, 0.29) is 17.7 Å². The fraction of sp³-hybridized carbons (Fsp3) is 0.867. The first-order valence-electron chi connectivity index (χ1n) is 7.67. The molecule has 0 radical (unpaired) electrons. The van der Waals surface area contributed by atoms with E-state index in [4.69, 9.17) is 0 Å². The van der Waals surface area contributed by atoms with Crippen LogP contribution in [0.2, 0.25) is 0 Å². The number of rotatable bonds is 2. The van der Waals surface area contributed by atoms with Crippen molar-refractivity contribution in [1.82, 2.24) is 9.80 Å². The first kappa shape index (κ1) is 14.4. The molecule has 0 bridgehead atoms. The molecule has 0 aromatic carbocycles. The smallest absolute Gasteiger partial charge is 0.225 e. The molecule has 0 N–H and O–H groups in total. The van der Waals surface area contributed by atoms with Gasteiger partial charge in [-0.1, -0.05) is 26.7 Å². The summed E-state index contributed by atoms with van der Waals surface area (Å²) in [4.78, 5) is 28.3. The summed E-state index contributed by atoms with van der Waals surface area (Å²) in [5, 5.41) is 0. The Labute approximate surface area is 116 Å². The lowest BCUT2D eigenvalue weighted by Gasteiger charge is -2.25. The number of nitrogens with zero attached hydrogens (tertiary/aromatic N) is 2. The predicted octanol–water partition coefficient (Wildman–Crippen LogP) is 1.89. The summed E-state index contributed by atoms with van der Waals surface area (Å²) in [7, 11) is 0. The Bertz CT molecular complexity index is 335. The third-order valence-electron chi connectivity index (χ3n) is 4.32. The van der Waals surface area contributed by atoms with Crippen LogP contribution in [0.4, 0.5) is 0 Å². The number of carbonyl (C=O) groups excluding carboxylic acids is 2. The monoisotopic (exact) mass is 266 g/mol. The lowest BCUT2D eigenvalue weighted by atomic mass is 10.1. The van der Waals surface area contributed by atoms with Gasteiger partial charge in [0.1, 0.15) is 0 Å². The van der Waals surface area contributed by atoms with Gasteiger partial charge in [0.2, 0.25) is 11.8 Å². The highest BCUT2D eigenvalue weighted by Crippen LogP contribution is 2.27. The van der Waals surface area contributed by atoms with Crippen molar-refractivity contribution in [1.29, 1.82) is 0 Å². The van der Waals surface area contributed by atoms with E-state index in [1.54, 1.807) is 0 Å². The van der Waals surface area contributed by atoms with Gasteiger partial charge >= 0.3 is 0 Å². The highest BCUT2D eigenvalue weighted by atomic mass is 16.2. The lowest BCUT2D eigenvalue weighted by molar-refractivity contribution is -0.137. The summed E-state index contributed by atoms with van der Waals surface area (Å²) in [6.07, 6.45) is 5.43. The van der Waals surface area contributed by atoms with Gasteiger partial charge in [-0.25, -0.2) is 0 Å². The number of hydrogen-bond donors (Lipinski definition) is 0. The van der Waals surface area contributed by atoms with Crippen molar-refractivity contribution in [2.45, 2.75) is 46.0 Å². The van der Waals surface area contributed by atoms with E-state index in [1.165, 1.54) is 12.8 Å². The molecule has 0 aromatic heterocycles. The molecule has 1 aliphatic heterocycles. The van der Waals surface area contributed by atoms with Gasteiger partial charge in [-0.05, 0) is 19.3 Å². The van der Waals surface area contributed by atoms with Gasteiger partial charge in [0, 0.05) is 38.0 Å². The van der Waals surface area contributed by atoms with E-state index < -0.39 is 0 Å². The molecule has 0 aromatic rings. The maximum Gasteiger partial charge on any atom is 0.225 e. The summed E-state index contributed by atoms with van der Waals surface area (Å²) in [6.45, 7) is 6.91. The van der Waals surface area contributed by atoms with Crippen molar-refractivity contribution >= 4 is 11.8 Å². The Morgan fingerprint density at radius 3 is 2.11 bits per heavy atom. The maximum atomic E-state index is 12.4. The molecule has 1 saturated heterocycles. The molecule has 4 nitrogen and oxygen atoms in total. The van der Waals surface area contributed by atoms with Gasteiger partial charge in [0.05, 0.1) is 0 Å². The van der Waals surface area contributed by atoms with E-state index in [0.29, 0.717) is 19.0 Å². The van der Waals surface area contributed by atoms with Crippen LogP contribution in [0, 0.1) is 11.8 Å². The molecule has 4 heteroatoms. The van der Waals surface area contributed by atoms with E-state index >= 15 is 0 Å². The molecule has 2 rings (SSSR count). The van der Waals surface area contributed by atoms with Crippen LogP contribution in [0.3, 0.4) is 0 Å². The van der Waals surface area contributed by atoms with Crippen LogP contribution >= 0.6 is 0 Å². The highest BCUT2D eigenvalue weighted by molar-refractivity contribution is 5.80. The summed E-state index contributed by atoms with van der Waals surface area (Å²) in [5.74, 6) is 0.857. The molecule has 108 valence electrons. The topological polar surface area (TPSA) is 40.6 Å². The molecule has 0 atom stereocenters. The van der Waals surface area contributed by atoms with Crippen molar-refractivity contribution in [2.24, 2.45) is 11.8 Å². The highest BCUT2D eigenvalue weighted by Gasteiger charge is 2.29. The maximum absolute atomic E-state index is 12.4. The second-order valence-electron chi connectivity index (χ2n) is 6.14. The van der Waals surface area contributed by atoms with Crippen LogP contribution in [0.1, 0.15) is 46.0 Å². The zero-order valence-corrected chi connectivity index (χ0v) is 12.2. The number of amides is 2. The first-order valence-corrected chi connectivity index (χ1v) is 7.67. The van der Waals surface area contributed by atoms with Crippen molar-refractivity contribution in [2.75, 3.05) is 26.2 Å². The van der Waals surface area contributed by atoms with Crippen molar-refractivity contribution in [3.8, 4) is 0 Å². The molecule has 2 aliphatic rings. The Hall–Kier alpha value is -1.06. The average Bonchev–Trinajstić information content (AvgIpc) is 2.81. The normalized spacial score (nSPS) is 21.8. The van der Waals surface area contributed by atoms with E-state index in [1.807, 2.05) is 23.6 Å². The molecule has 2 amide bonds. The van der Waals surface area contributed by atoms with Crippen molar-refractivity contribution < 1.29 is 9.59 Å². The Morgan fingerprint density at radius 1 is 0.895 bits per heavy atom. The Balaban J connectivity index is 1.89. The minimum Gasteiger partial charge on any atom is -0.341 e. The third kappa shape index (κ3) is 3.48. The van der Waals surface area contributed by atoms with Gasteiger partial charge in [0.15, 0.2) is 0 Å². The van der Waals surface area contributed by atoms with Crippen LogP contribution in [0.5, 0.6) is 0 Å². The molecule has 19 heavy (non-hydrogen) atoms.